The summed E-state index contributed by atoms with van der Waals surface area (Å²) in [5, 5.41) is 3.36. The van der Waals surface area contributed by atoms with Crippen molar-refractivity contribution in [3.05, 3.63) is 35.4 Å². The Labute approximate surface area is 127 Å². The molecule has 114 valence electrons. The lowest BCUT2D eigenvalue weighted by atomic mass is 9.98. The third kappa shape index (κ3) is 3.29. The van der Waals surface area contributed by atoms with Crippen molar-refractivity contribution in [3.63, 3.8) is 0 Å². The van der Waals surface area contributed by atoms with Gasteiger partial charge in [0, 0.05) is 5.54 Å². The van der Waals surface area contributed by atoms with Crippen LogP contribution in [0.15, 0.2) is 24.3 Å². The molecule has 1 N–H and O–H groups in total. The molecule has 1 amide bonds. The largest absolute Gasteiger partial charge is 0.349 e. The van der Waals surface area contributed by atoms with E-state index in [1.54, 1.807) is 0 Å². The molecule has 1 aromatic rings. The van der Waals surface area contributed by atoms with Crippen molar-refractivity contribution in [1.82, 2.24) is 10.2 Å². The minimum Gasteiger partial charge on any atom is -0.349 e. The topological polar surface area (TPSA) is 32.3 Å². The standard InChI is InChI=1S/C18H26N2O/c1-14-7-3-4-8-15(14)13-18(10-11-18)19-17(21)16-9-5-6-12-20(16)2/h3-4,7-8,16H,5-6,9-13H2,1-2H3,(H,19,21). The Bertz CT molecular complexity index is 522. The molecular formula is C18H26N2O. The normalized spacial score (nSPS) is 24.6. The second kappa shape index (κ2) is 5.80. The van der Waals surface area contributed by atoms with Crippen LogP contribution in [0.4, 0.5) is 0 Å². The van der Waals surface area contributed by atoms with Gasteiger partial charge in [-0.3, -0.25) is 9.69 Å². The Balaban J connectivity index is 1.64. The summed E-state index contributed by atoms with van der Waals surface area (Å²) in [6.07, 6.45) is 6.60. The van der Waals surface area contributed by atoms with Crippen LogP contribution in [-0.2, 0) is 11.2 Å². The molecule has 0 bridgehead atoms. The lowest BCUT2D eigenvalue weighted by molar-refractivity contribution is -0.128. The average Bonchev–Trinajstić information content (AvgIpc) is 3.21. The van der Waals surface area contributed by atoms with Crippen molar-refractivity contribution >= 4 is 5.91 Å². The molecule has 21 heavy (non-hydrogen) atoms. The Kier molecular flexibility index (Phi) is 4.03. The number of piperidine rings is 1. The SMILES string of the molecule is Cc1ccccc1CC1(NC(=O)C2CCCCN2C)CC1. The number of carbonyl (C=O) groups is 1. The van der Waals surface area contributed by atoms with E-state index in [9.17, 15) is 4.79 Å². The fourth-order valence-corrected chi connectivity index (χ4v) is 3.42. The third-order valence-corrected chi connectivity index (χ3v) is 5.11. The molecule has 3 heteroatoms. The number of hydrogen-bond acceptors (Lipinski definition) is 2. The molecule has 1 aromatic carbocycles. The molecule has 1 aliphatic carbocycles. The molecular weight excluding hydrogens is 260 g/mol. The zero-order chi connectivity index (χ0) is 14.9. The smallest absolute Gasteiger partial charge is 0.237 e. The van der Waals surface area contributed by atoms with Gasteiger partial charge in [-0.2, -0.15) is 0 Å². The van der Waals surface area contributed by atoms with Gasteiger partial charge in [-0.15, -0.1) is 0 Å². The van der Waals surface area contributed by atoms with E-state index in [1.807, 2.05) is 0 Å². The number of benzene rings is 1. The van der Waals surface area contributed by atoms with Crippen LogP contribution in [0.5, 0.6) is 0 Å². The van der Waals surface area contributed by atoms with E-state index in [0.29, 0.717) is 0 Å². The highest BCUT2D eigenvalue weighted by Gasteiger charge is 2.45. The van der Waals surface area contributed by atoms with Crippen LogP contribution >= 0.6 is 0 Å². The summed E-state index contributed by atoms with van der Waals surface area (Å²) in [7, 11) is 2.07. The second-order valence-corrected chi connectivity index (χ2v) is 6.87. The Morgan fingerprint density at radius 2 is 2.10 bits per heavy atom. The van der Waals surface area contributed by atoms with Crippen LogP contribution in [0.2, 0.25) is 0 Å². The molecule has 1 atom stereocenters. The van der Waals surface area contributed by atoms with Crippen LogP contribution < -0.4 is 5.32 Å². The average molecular weight is 286 g/mol. The van der Waals surface area contributed by atoms with Crippen molar-refractivity contribution in [3.8, 4) is 0 Å². The number of likely N-dealkylation sites (N-methyl/N-ethyl adjacent to an activating group) is 1. The van der Waals surface area contributed by atoms with Gasteiger partial charge in [-0.25, -0.2) is 0 Å². The molecule has 3 nitrogen and oxygen atoms in total. The fraction of sp³-hybridized carbons (Fsp3) is 0.611. The van der Waals surface area contributed by atoms with Gasteiger partial charge >= 0.3 is 0 Å². The first-order chi connectivity index (χ1) is 10.1. The summed E-state index contributed by atoms with van der Waals surface area (Å²) in [6.45, 7) is 3.20. The molecule has 0 spiro atoms. The maximum atomic E-state index is 12.6. The number of carbonyl (C=O) groups excluding carboxylic acids is 1. The van der Waals surface area contributed by atoms with Crippen LogP contribution in [0, 0.1) is 6.92 Å². The number of likely N-dealkylation sites (tertiary alicyclic amines) is 1. The lowest BCUT2D eigenvalue weighted by Gasteiger charge is -2.32. The summed E-state index contributed by atoms with van der Waals surface area (Å²) in [6, 6.07) is 8.59. The highest BCUT2D eigenvalue weighted by Crippen LogP contribution is 2.39. The van der Waals surface area contributed by atoms with Gasteiger partial charge < -0.3 is 5.32 Å². The summed E-state index contributed by atoms with van der Waals surface area (Å²) in [4.78, 5) is 14.8. The number of aryl methyl sites for hydroxylation is 1. The zero-order valence-electron chi connectivity index (χ0n) is 13.2. The second-order valence-electron chi connectivity index (χ2n) is 6.87. The number of nitrogens with zero attached hydrogens (tertiary/aromatic N) is 1. The van der Waals surface area contributed by atoms with Gasteiger partial charge in [0.15, 0.2) is 0 Å². The molecule has 1 aliphatic heterocycles. The van der Waals surface area contributed by atoms with Crippen LogP contribution in [0.3, 0.4) is 0 Å². The first-order valence-electron chi connectivity index (χ1n) is 8.16. The molecule has 0 aromatic heterocycles. The highest BCUT2D eigenvalue weighted by molar-refractivity contribution is 5.83. The van der Waals surface area contributed by atoms with Gasteiger partial charge in [-0.1, -0.05) is 30.7 Å². The van der Waals surface area contributed by atoms with Crippen molar-refractivity contribution in [2.75, 3.05) is 13.6 Å². The molecule has 2 fully saturated rings. The van der Waals surface area contributed by atoms with Gasteiger partial charge in [0.2, 0.25) is 5.91 Å². The maximum Gasteiger partial charge on any atom is 0.237 e. The quantitative estimate of drug-likeness (QED) is 0.923. The van der Waals surface area contributed by atoms with Crippen LogP contribution in [0.1, 0.15) is 43.2 Å². The predicted octanol–water partition coefficient (Wildman–Crippen LogP) is 2.67. The van der Waals surface area contributed by atoms with Crippen molar-refractivity contribution in [2.45, 2.75) is 57.0 Å². The maximum absolute atomic E-state index is 12.6. The monoisotopic (exact) mass is 286 g/mol. The molecule has 2 aliphatic rings. The summed E-state index contributed by atoms with van der Waals surface area (Å²) >= 11 is 0. The van der Waals surface area contributed by atoms with E-state index >= 15 is 0 Å². The van der Waals surface area contributed by atoms with E-state index in [1.165, 1.54) is 24.0 Å². The Morgan fingerprint density at radius 3 is 2.76 bits per heavy atom. The molecule has 1 heterocycles. The lowest BCUT2D eigenvalue weighted by Crippen LogP contribution is -2.51. The van der Waals surface area contributed by atoms with Gasteiger partial charge in [0.25, 0.3) is 0 Å². The Morgan fingerprint density at radius 1 is 1.33 bits per heavy atom. The minimum absolute atomic E-state index is 0.0292. The first kappa shape index (κ1) is 14.6. The number of amides is 1. The number of hydrogen-bond donors (Lipinski definition) is 1. The predicted molar refractivity (Wildman–Crippen MR) is 85.3 cm³/mol. The molecule has 1 saturated heterocycles. The summed E-state index contributed by atoms with van der Waals surface area (Å²) < 4.78 is 0. The molecule has 1 saturated carbocycles. The molecule has 1 unspecified atom stereocenters. The van der Waals surface area contributed by atoms with E-state index in [0.717, 1.165) is 32.2 Å². The van der Waals surface area contributed by atoms with Gasteiger partial charge in [0.1, 0.15) is 0 Å². The van der Waals surface area contributed by atoms with E-state index in [4.69, 9.17) is 0 Å². The number of nitrogens with one attached hydrogen (secondary N) is 1. The van der Waals surface area contributed by atoms with Gasteiger partial charge in [0.05, 0.1) is 6.04 Å². The van der Waals surface area contributed by atoms with Crippen LogP contribution in [0.25, 0.3) is 0 Å². The van der Waals surface area contributed by atoms with E-state index in [2.05, 4.69) is 48.5 Å². The third-order valence-electron chi connectivity index (χ3n) is 5.11. The van der Waals surface area contributed by atoms with Crippen molar-refractivity contribution < 1.29 is 4.79 Å². The summed E-state index contributed by atoms with van der Waals surface area (Å²) in [5.74, 6) is 0.239. The Hall–Kier alpha value is -1.35. The first-order valence-corrected chi connectivity index (χ1v) is 8.16. The van der Waals surface area contributed by atoms with E-state index in [-0.39, 0.29) is 17.5 Å². The highest BCUT2D eigenvalue weighted by atomic mass is 16.2. The number of rotatable bonds is 4. The van der Waals surface area contributed by atoms with Crippen molar-refractivity contribution in [1.29, 1.82) is 0 Å². The fourth-order valence-electron chi connectivity index (χ4n) is 3.42. The van der Waals surface area contributed by atoms with Crippen molar-refractivity contribution in [2.24, 2.45) is 0 Å². The molecule has 0 radical (unpaired) electrons. The zero-order valence-corrected chi connectivity index (χ0v) is 13.2. The molecule has 3 rings (SSSR count). The van der Waals surface area contributed by atoms with Crippen LogP contribution in [-0.4, -0.2) is 36.0 Å². The minimum atomic E-state index is 0.0292. The van der Waals surface area contributed by atoms with E-state index < -0.39 is 0 Å². The summed E-state index contributed by atoms with van der Waals surface area (Å²) in [5.41, 5.74) is 2.72. The van der Waals surface area contributed by atoms with Gasteiger partial charge in [-0.05, 0) is 63.7 Å².